The van der Waals surface area contributed by atoms with Crippen molar-refractivity contribution < 1.29 is 14.4 Å². The molecule has 0 atom stereocenters. The van der Waals surface area contributed by atoms with Crippen LogP contribution in [0.15, 0.2) is 24.3 Å². The molecule has 0 spiro atoms. The second-order valence-electron chi connectivity index (χ2n) is 5.60. The average molecular weight is 293 g/mol. The molecule has 1 aliphatic rings. The fourth-order valence-electron chi connectivity index (χ4n) is 2.60. The summed E-state index contributed by atoms with van der Waals surface area (Å²) < 4.78 is 11.3. The fraction of sp³-hybridized carbons (Fsp3) is 0.235. The molecule has 2 aromatic carbocycles. The molecule has 1 N–H and O–H groups in total. The fourth-order valence-corrected chi connectivity index (χ4v) is 2.60. The number of hydrogen-bond acceptors (Lipinski definition) is 3. The van der Waals surface area contributed by atoms with E-state index in [0.717, 1.165) is 39.2 Å². The van der Waals surface area contributed by atoms with Gasteiger partial charge >= 0.3 is 7.12 Å². The Morgan fingerprint density at radius 2 is 1.77 bits per heavy atom. The van der Waals surface area contributed by atoms with E-state index < -0.39 is 7.12 Å². The van der Waals surface area contributed by atoms with Crippen molar-refractivity contribution in [2.75, 3.05) is 0 Å². The van der Waals surface area contributed by atoms with Gasteiger partial charge in [-0.1, -0.05) is 6.07 Å². The van der Waals surface area contributed by atoms with Crippen molar-refractivity contribution in [3.63, 3.8) is 0 Å². The minimum Gasteiger partial charge on any atom is -0.457 e. The second-order valence-corrected chi connectivity index (χ2v) is 5.60. The summed E-state index contributed by atoms with van der Waals surface area (Å²) in [7, 11) is -0.843. The van der Waals surface area contributed by atoms with Crippen molar-refractivity contribution in [3.8, 4) is 11.5 Å². The highest BCUT2D eigenvalue weighted by atomic mass is 16.5. The number of fused-ring (bicyclic) bond motifs is 1. The molecule has 0 fully saturated rings. The normalized spacial score (nSPS) is 13.0. The Hall–Kier alpha value is -2.29. The van der Waals surface area contributed by atoms with Crippen molar-refractivity contribution in [1.29, 1.82) is 0 Å². The predicted molar refractivity (Wildman–Crippen MR) is 85.8 cm³/mol. The Kier molecular flexibility index (Phi) is 3.65. The van der Waals surface area contributed by atoms with Gasteiger partial charge in [-0.05, 0) is 66.7 Å². The highest BCUT2D eigenvalue weighted by Gasteiger charge is 2.28. The van der Waals surface area contributed by atoms with Crippen LogP contribution in [0.1, 0.15) is 22.3 Å². The van der Waals surface area contributed by atoms with Crippen LogP contribution in [-0.2, 0) is 11.3 Å². The van der Waals surface area contributed by atoms with Gasteiger partial charge in [-0.15, -0.1) is 0 Å². The molecule has 110 valence electrons. The predicted octanol–water partition coefficient (Wildman–Crippen LogP) is 3.17. The number of benzene rings is 2. The monoisotopic (exact) mass is 293 g/mol. The SMILES string of the molecule is [C-]#[N+]c1cc(C)c(Oc2cc3c(cc2C)B(O)OC3)cc1C. The lowest BCUT2D eigenvalue weighted by atomic mass is 9.79. The first kappa shape index (κ1) is 14.6. The van der Waals surface area contributed by atoms with Gasteiger partial charge in [0.25, 0.3) is 0 Å². The Morgan fingerprint density at radius 1 is 1.09 bits per heavy atom. The van der Waals surface area contributed by atoms with Crippen LogP contribution >= 0.6 is 0 Å². The van der Waals surface area contributed by atoms with E-state index in [1.807, 2.05) is 45.0 Å². The number of nitrogens with zero attached hydrogens (tertiary/aromatic N) is 1. The van der Waals surface area contributed by atoms with Crippen LogP contribution in [0, 0.1) is 27.3 Å². The van der Waals surface area contributed by atoms with Crippen LogP contribution < -0.4 is 10.2 Å². The van der Waals surface area contributed by atoms with E-state index >= 15 is 0 Å². The molecule has 0 saturated carbocycles. The molecule has 0 aromatic heterocycles. The van der Waals surface area contributed by atoms with Gasteiger partial charge in [0.1, 0.15) is 11.5 Å². The number of hydrogen-bond donors (Lipinski definition) is 1. The number of ether oxygens (including phenoxy) is 1. The van der Waals surface area contributed by atoms with E-state index in [0.29, 0.717) is 12.3 Å². The minimum atomic E-state index is -0.843. The lowest BCUT2D eigenvalue weighted by molar-refractivity contribution is 0.275. The molecule has 0 radical (unpaired) electrons. The summed E-state index contributed by atoms with van der Waals surface area (Å²) in [5.41, 5.74) is 5.16. The third-order valence-electron chi connectivity index (χ3n) is 3.93. The van der Waals surface area contributed by atoms with E-state index in [9.17, 15) is 5.02 Å². The van der Waals surface area contributed by atoms with Gasteiger partial charge in [0.2, 0.25) is 0 Å². The maximum atomic E-state index is 9.73. The highest BCUT2D eigenvalue weighted by molar-refractivity contribution is 6.61. The second kappa shape index (κ2) is 5.49. The van der Waals surface area contributed by atoms with Crippen LogP contribution in [0.4, 0.5) is 5.69 Å². The average Bonchev–Trinajstić information content (AvgIpc) is 2.83. The number of rotatable bonds is 2. The van der Waals surface area contributed by atoms with Gasteiger partial charge in [-0.25, -0.2) is 4.85 Å². The highest BCUT2D eigenvalue weighted by Crippen LogP contribution is 2.33. The molecule has 1 aliphatic heterocycles. The third kappa shape index (κ3) is 2.48. The molecule has 0 amide bonds. The first-order valence-electron chi connectivity index (χ1n) is 7.09. The molecular formula is C17H16BNO3. The van der Waals surface area contributed by atoms with E-state index in [2.05, 4.69) is 4.85 Å². The molecule has 0 saturated heterocycles. The summed E-state index contributed by atoms with van der Waals surface area (Å²) in [6.45, 7) is 13.3. The summed E-state index contributed by atoms with van der Waals surface area (Å²) in [5, 5.41) is 9.73. The van der Waals surface area contributed by atoms with Crippen LogP contribution in [-0.4, -0.2) is 12.1 Å². The van der Waals surface area contributed by atoms with Crippen LogP contribution in [0.2, 0.25) is 0 Å². The quantitative estimate of drug-likeness (QED) is 0.683. The Balaban J connectivity index is 1.98. The summed E-state index contributed by atoms with van der Waals surface area (Å²) in [5.74, 6) is 1.49. The summed E-state index contributed by atoms with van der Waals surface area (Å²) >= 11 is 0. The van der Waals surface area contributed by atoms with Crippen LogP contribution in [0.3, 0.4) is 0 Å². The molecule has 3 rings (SSSR count). The summed E-state index contributed by atoms with van der Waals surface area (Å²) in [6.07, 6.45) is 0. The standard InChI is InChI=1S/C17H16BNO3/c1-10-7-16(12(3)6-15(10)19-4)22-17-8-13-9-21-18(20)14(13)5-11(17)2/h5-8,20H,9H2,1-3H3. The Bertz CT molecular complexity index is 795. The minimum absolute atomic E-state index is 0.391. The van der Waals surface area contributed by atoms with Crippen molar-refractivity contribution in [3.05, 3.63) is 57.9 Å². The third-order valence-corrected chi connectivity index (χ3v) is 3.93. The zero-order chi connectivity index (χ0) is 15.9. The zero-order valence-corrected chi connectivity index (χ0v) is 12.8. The maximum Gasteiger partial charge on any atom is 0.491 e. The van der Waals surface area contributed by atoms with E-state index in [1.54, 1.807) is 0 Å². The first-order chi connectivity index (χ1) is 10.5. The molecule has 0 aliphatic carbocycles. The maximum absolute atomic E-state index is 9.73. The van der Waals surface area contributed by atoms with E-state index in [-0.39, 0.29) is 0 Å². The van der Waals surface area contributed by atoms with E-state index in [1.165, 1.54) is 0 Å². The molecule has 5 heteroatoms. The molecular weight excluding hydrogens is 277 g/mol. The van der Waals surface area contributed by atoms with Gasteiger partial charge in [0.05, 0.1) is 13.2 Å². The largest absolute Gasteiger partial charge is 0.491 e. The van der Waals surface area contributed by atoms with Crippen molar-refractivity contribution in [2.45, 2.75) is 27.4 Å². The molecule has 4 nitrogen and oxygen atoms in total. The molecule has 1 heterocycles. The Labute approximate surface area is 130 Å². The lowest BCUT2D eigenvalue weighted by Crippen LogP contribution is -2.28. The molecule has 0 unspecified atom stereocenters. The van der Waals surface area contributed by atoms with Crippen molar-refractivity contribution >= 4 is 18.3 Å². The smallest absolute Gasteiger partial charge is 0.457 e. The van der Waals surface area contributed by atoms with Crippen LogP contribution in [0.5, 0.6) is 11.5 Å². The van der Waals surface area contributed by atoms with Gasteiger partial charge in [0.15, 0.2) is 5.69 Å². The van der Waals surface area contributed by atoms with Crippen LogP contribution in [0.25, 0.3) is 4.85 Å². The first-order valence-corrected chi connectivity index (χ1v) is 7.09. The molecule has 2 aromatic rings. The van der Waals surface area contributed by atoms with E-state index in [4.69, 9.17) is 16.0 Å². The van der Waals surface area contributed by atoms with Gasteiger partial charge in [0, 0.05) is 0 Å². The topological polar surface area (TPSA) is 43.0 Å². The molecule has 0 bridgehead atoms. The summed E-state index contributed by atoms with van der Waals surface area (Å²) in [6, 6.07) is 7.55. The van der Waals surface area contributed by atoms with Crippen molar-refractivity contribution in [2.24, 2.45) is 0 Å². The summed E-state index contributed by atoms with van der Waals surface area (Å²) in [4.78, 5) is 3.50. The number of aryl methyl sites for hydroxylation is 3. The van der Waals surface area contributed by atoms with Gasteiger partial charge < -0.3 is 14.4 Å². The zero-order valence-electron chi connectivity index (χ0n) is 12.8. The Morgan fingerprint density at radius 3 is 2.50 bits per heavy atom. The molecule has 22 heavy (non-hydrogen) atoms. The van der Waals surface area contributed by atoms with Crippen molar-refractivity contribution in [1.82, 2.24) is 0 Å². The van der Waals surface area contributed by atoms with Gasteiger partial charge in [-0.3, -0.25) is 0 Å². The van der Waals surface area contributed by atoms with Gasteiger partial charge in [-0.2, -0.15) is 0 Å². The lowest BCUT2D eigenvalue weighted by Gasteiger charge is -2.14.